The summed E-state index contributed by atoms with van der Waals surface area (Å²) in [5.74, 6) is -0.276. The summed E-state index contributed by atoms with van der Waals surface area (Å²) in [7, 11) is -3.78. The van der Waals surface area contributed by atoms with Crippen LogP contribution in [0.1, 0.15) is 48.7 Å². The number of nitrogens with one attached hydrogen (secondary N) is 2. The molecule has 0 bridgehead atoms. The molecule has 1 amide bonds. The van der Waals surface area contributed by atoms with Crippen LogP contribution >= 0.6 is 0 Å². The Hall–Kier alpha value is -2.34. The van der Waals surface area contributed by atoms with Gasteiger partial charge in [0.2, 0.25) is 0 Å². The molecule has 140 valence electrons. The number of carbonyl (C=O) groups excluding carboxylic acids is 1. The fraction of sp³-hybridized carbons (Fsp3) is 0.350. The van der Waals surface area contributed by atoms with Gasteiger partial charge in [0.15, 0.2) is 0 Å². The molecular weight excluding hydrogens is 348 g/mol. The first-order valence-corrected chi connectivity index (χ1v) is 10.0. The summed E-state index contributed by atoms with van der Waals surface area (Å²) in [6.45, 7) is 9.53. The second-order valence-corrected chi connectivity index (χ2v) is 8.83. The predicted octanol–water partition coefficient (Wildman–Crippen LogP) is 4.02. The number of hydrogen-bond acceptors (Lipinski definition) is 3. The molecule has 6 heteroatoms. The van der Waals surface area contributed by atoms with Gasteiger partial charge in [0.25, 0.3) is 15.9 Å². The molecule has 0 saturated heterocycles. The fourth-order valence-corrected chi connectivity index (χ4v) is 3.47. The van der Waals surface area contributed by atoms with Crippen LogP contribution in [0, 0.1) is 13.8 Å². The van der Waals surface area contributed by atoms with Crippen molar-refractivity contribution in [3.05, 3.63) is 59.2 Å². The number of hydrogen-bond donors (Lipinski definition) is 2. The highest BCUT2D eigenvalue weighted by molar-refractivity contribution is 7.92. The lowest BCUT2D eigenvalue weighted by molar-refractivity contribution is 0.0910. The van der Waals surface area contributed by atoms with Crippen molar-refractivity contribution < 1.29 is 13.2 Å². The number of sulfonamides is 1. The second-order valence-electron chi connectivity index (χ2n) is 7.14. The molecule has 0 atom stereocenters. The van der Waals surface area contributed by atoms with Gasteiger partial charge in [0.1, 0.15) is 0 Å². The lowest BCUT2D eigenvalue weighted by Gasteiger charge is -2.25. The first-order chi connectivity index (χ1) is 12.0. The summed E-state index contributed by atoms with van der Waals surface area (Å²) < 4.78 is 28.0. The molecule has 0 aliphatic carbocycles. The van der Waals surface area contributed by atoms with Gasteiger partial charge in [-0.1, -0.05) is 25.1 Å². The lowest BCUT2D eigenvalue weighted by Crippen LogP contribution is -2.43. The molecule has 0 aromatic heterocycles. The van der Waals surface area contributed by atoms with Crippen LogP contribution in [0.4, 0.5) is 5.69 Å². The Morgan fingerprint density at radius 2 is 1.77 bits per heavy atom. The molecule has 0 radical (unpaired) electrons. The molecular formula is C20H26N2O3S. The van der Waals surface area contributed by atoms with Gasteiger partial charge in [-0.2, -0.15) is 0 Å². The molecule has 0 aliphatic rings. The van der Waals surface area contributed by atoms with E-state index in [1.807, 2.05) is 33.8 Å². The van der Waals surface area contributed by atoms with E-state index < -0.39 is 10.0 Å². The minimum Gasteiger partial charge on any atom is -0.347 e. The van der Waals surface area contributed by atoms with Crippen LogP contribution in [0.15, 0.2) is 47.4 Å². The quantitative estimate of drug-likeness (QED) is 0.802. The van der Waals surface area contributed by atoms with Gasteiger partial charge >= 0.3 is 0 Å². The normalized spacial score (nSPS) is 11.9. The Kier molecular flexibility index (Phi) is 5.76. The summed E-state index contributed by atoms with van der Waals surface area (Å²) in [6, 6.07) is 11.7. The van der Waals surface area contributed by atoms with E-state index in [4.69, 9.17) is 0 Å². The number of benzene rings is 2. The maximum atomic E-state index is 12.7. The monoisotopic (exact) mass is 374 g/mol. The van der Waals surface area contributed by atoms with E-state index in [1.54, 1.807) is 31.2 Å². The Morgan fingerprint density at radius 1 is 1.08 bits per heavy atom. The molecule has 0 heterocycles. The lowest BCUT2D eigenvalue weighted by atomic mass is 10.0. The molecule has 0 saturated carbocycles. The molecule has 2 aromatic rings. The van der Waals surface area contributed by atoms with Crippen LogP contribution in [-0.2, 0) is 10.0 Å². The van der Waals surface area contributed by atoms with Gasteiger partial charge in [-0.15, -0.1) is 0 Å². The summed E-state index contributed by atoms with van der Waals surface area (Å²) >= 11 is 0. The zero-order valence-corrected chi connectivity index (χ0v) is 16.7. The van der Waals surface area contributed by atoms with Crippen molar-refractivity contribution in [3.8, 4) is 0 Å². The minimum atomic E-state index is -3.78. The fourth-order valence-electron chi connectivity index (χ4n) is 2.40. The van der Waals surface area contributed by atoms with Crippen LogP contribution in [0.3, 0.4) is 0 Å². The summed E-state index contributed by atoms with van der Waals surface area (Å²) in [6.07, 6.45) is 0.769. The van der Waals surface area contributed by atoms with Crippen molar-refractivity contribution in [2.75, 3.05) is 4.72 Å². The summed E-state index contributed by atoms with van der Waals surface area (Å²) in [5.41, 5.74) is 2.17. The third kappa shape index (κ3) is 4.85. The van der Waals surface area contributed by atoms with E-state index in [9.17, 15) is 13.2 Å². The van der Waals surface area contributed by atoms with Crippen molar-refractivity contribution >= 4 is 21.6 Å². The Labute approximate surface area is 155 Å². The number of aryl methyl sites for hydroxylation is 2. The molecule has 26 heavy (non-hydrogen) atoms. The average Bonchev–Trinajstić information content (AvgIpc) is 2.54. The number of carbonyl (C=O) groups is 1. The summed E-state index contributed by atoms with van der Waals surface area (Å²) in [5, 5.41) is 2.94. The van der Waals surface area contributed by atoms with Gasteiger partial charge in [-0.05, 0) is 69.5 Å². The Balaban J connectivity index is 2.34. The minimum absolute atomic E-state index is 0.0593. The van der Waals surface area contributed by atoms with Crippen LogP contribution < -0.4 is 10.0 Å². The SMILES string of the molecule is CCC(C)(C)NC(=O)c1cc(S(=O)(=O)Nc2cccc(C)c2)ccc1C. The first-order valence-electron chi connectivity index (χ1n) is 8.57. The third-order valence-corrected chi connectivity index (χ3v) is 5.75. The molecule has 5 nitrogen and oxygen atoms in total. The van der Waals surface area contributed by atoms with Crippen LogP contribution in [-0.4, -0.2) is 19.9 Å². The van der Waals surface area contributed by atoms with E-state index >= 15 is 0 Å². The van der Waals surface area contributed by atoms with Crippen LogP contribution in [0.2, 0.25) is 0 Å². The molecule has 0 spiro atoms. The van der Waals surface area contributed by atoms with Gasteiger partial charge in [-0.3, -0.25) is 9.52 Å². The molecule has 2 aromatic carbocycles. The third-order valence-electron chi connectivity index (χ3n) is 4.37. The molecule has 2 N–H and O–H groups in total. The smallest absolute Gasteiger partial charge is 0.261 e. The number of rotatable bonds is 6. The standard InChI is InChI=1S/C20H26N2O3S/c1-6-20(4,5)21-19(23)18-13-17(11-10-15(18)3)26(24,25)22-16-9-7-8-14(2)12-16/h7-13,22H,6H2,1-5H3,(H,21,23). The predicted molar refractivity (Wildman–Crippen MR) is 105 cm³/mol. The molecule has 0 aliphatic heterocycles. The highest BCUT2D eigenvalue weighted by Gasteiger charge is 2.22. The molecule has 0 unspecified atom stereocenters. The van der Waals surface area contributed by atoms with Crippen molar-refractivity contribution in [2.45, 2.75) is 51.5 Å². The van der Waals surface area contributed by atoms with Gasteiger partial charge in [0, 0.05) is 16.8 Å². The Morgan fingerprint density at radius 3 is 2.38 bits per heavy atom. The largest absolute Gasteiger partial charge is 0.347 e. The van der Waals surface area contributed by atoms with Gasteiger partial charge in [0.05, 0.1) is 4.90 Å². The van der Waals surface area contributed by atoms with E-state index in [2.05, 4.69) is 10.0 Å². The average molecular weight is 375 g/mol. The topological polar surface area (TPSA) is 75.3 Å². The van der Waals surface area contributed by atoms with Crippen molar-refractivity contribution in [3.63, 3.8) is 0 Å². The zero-order chi connectivity index (χ0) is 19.5. The maximum Gasteiger partial charge on any atom is 0.261 e. The highest BCUT2D eigenvalue weighted by Crippen LogP contribution is 2.21. The maximum absolute atomic E-state index is 12.7. The second kappa shape index (κ2) is 7.50. The molecule has 2 rings (SSSR count). The van der Waals surface area contributed by atoms with E-state index in [0.29, 0.717) is 11.3 Å². The highest BCUT2D eigenvalue weighted by atomic mass is 32.2. The number of anilines is 1. The van der Waals surface area contributed by atoms with Gasteiger partial charge < -0.3 is 5.32 Å². The van der Waals surface area contributed by atoms with E-state index in [1.165, 1.54) is 12.1 Å². The van der Waals surface area contributed by atoms with Crippen molar-refractivity contribution in [1.82, 2.24) is 5.32 Å². The van der Waals surface area contributed by atoms with E-state index in [-0.39, 0.29) is 16.3 Å². The first kappa shape index (κ1) is 20.0. The molecule has 0 fully saturated rings. The van der Waals surface area contributed by atoms with Crippen LogP contribution in [0.25, 0.3) is 0 Å². The van der Waals surface area contributed by atoms with Crippen molar-refractivity contribution in [2.24, 2.45) is 0 Å². The summed E-state index contributed by atoms with van der Waals surface area (Å²) in [4.78, 5) is 12.7. The number of amides is 1. The van der Waals surface area contributed by atoms with Crippen LogP contribution in [0.5, 0.6) is 0 Å². The zero-order valence-electron chi connectivity index (χ0n) is 15.9. The van der Waals surface area contributed by atoms with Gasteiger partial charge in [-0.25, -0.2) is 8.42 Å². The van der Waals surface area contributed by atoms with Crippen molar-refractivity contribution in [1.29, 1.82) is 0 Å². The Bertz CT molecular complexity index is 918. The van der Waals surface area contributed by atoms with E-state index in [0.717, 1.165) is 17.5 Å².